The number of hydrogen-bond donors (Lipinski definition) is 0. The summed E-state index contributed by atoms with van der Waals surface area (Å²) < 4.78 is 24.0. The van der Waals surface area contributed by atoms with Crippen molar-refractivity contribution in [3.63, 3.8) is 0 Å². The van der Waals surface area contributed by atoms with E-state index in [2.05, 4.69) is 6.92 Å². The SMILES string of the molecule is CCCCC1=Cc2ccccc2S1(=O)=O. The van der Waals surface area contributed by atoms with E-state index in [0.29, 0.717) is 16.2 Å². The van der Waals surface area contributed by atoms with Gasteiger partial charge in [0.05, 0.1) is 4.90 Å². The number of sulfone groups is 1. The molecule has 0 amide bonds. The Labute approximate surface area is 90.6 Å². The second kappa shape index (κ2) is 3.81. The fourth-order valence-corrected chi connectivity index (χ4v) is 3.47. The molecule has 80 valence electrons. The molecule has 0 atom stereocenters. The normalized spacial score (nSPS) is 17.3. The Hall–Kier alpha value is -1.09. The van der Waals surface area contributed by atoms with Gasteiger partial charge in [0, 0.05) is 4.91 Å². The van der Waals surface area contributed by atoms with E-state index >= 15 is 0 Å². The van der Waals surface area contributed by atoms with E-state index in [1.807, 2.05) is 12.1 Å². The van der Waals surface area contributed by atoms with Crippen molar-refractivity contribution in [2.75, 3.05) is 0 Å². The summed E-state index contributed by atoms with van der Waals surface area (Å²) in [6.07, 6.45) is 4.41. The second-order valence-electron chi connectivity index (χ2n) is 3.76. The summed E-state index contributed by atoms with van der Waals surface area (Å²) in [7, 11) is -3.16. The number of allylic oxidation sites excluding steroid dienone is 1. The molecule has 0 aromatic heterocycles. The van der Waals surface area contributed by atoms with Crippen molar-refractivity contribution in [1.29, 1.82) is 0 Å². The fourth-order valence-electron chi connectivity index (χ4n) is 1.79. The molecule has 0 bridgehead atoms. The largest absolute Gasteiger partial charge is 0.219 e. The average Bonchev–Trinajstić information content (AvgIpc) is 2.48. The van der Waals surface area contributed by atoms with E-state index in [1.165, 1.54) is 0 Å². The predicted octanol–water partition coefficient (Wildman–Crippen LogP) is 3.01. The standard InChI is InChI=1S/C12H14O2S/c1-2-3-7-11-9-10-6-4-5-8-12(10)15(11,13)14/h4-6,8-9H,2-3,7H2,1H3. The molecule has 0 N–H and O–H groups in total. The van der Waals surface area contributed by atoms with Gasteiger partial charge < -0.3 is 0 Å². The van der Waals surface area contributed by atoms with E-state index in [0.717, 1.165) is 18.4 Å². The van der Waals surface area contributed by atoms with Gasteiger partial charge in [-0.1, -0.05) is 31.5 Å². The number of fused-ring (bicyclic) bond motifs is 1. The summed E-state index contributed by atoms with van der Waals surface area (Å²) in [5.74, 6) is 0. The van der Waals surface area contributed by atoms with Crippen molar-refractivity contribution in [2.45, 2.75) is 31.1 Å². The van der Waals surface area contributed by atoms with Crippen LogP contribution in [0.15, 0.2) is 34.1 Å². The van der Waals surface area contributed by atoms with Crippen LogP contribution in [0.1, 0.15) is 31.7 Å². The van der Waals surface area contributed by atoms with Crippen LogP contribution in [0.4, 0.5) is 0 Å². The van der Waals surface area contributed by atoms with Gasteiger partial charge >= 0.3 is 0 Å². The molecular formula is C12H14O2S. The summed E-state index contributed by atoms with van der Waals surface area (Å²) in [6.45, 7) is 2.06. The summed E-state index contributed by atoms with van der Waals surface area (Å²) in [6, 6.07) is 7.17. The first-order valence-corrected chi connectivity index (χ1v) is 6.69. The molecule has 0 spiro atoms. The minimum atomic E-state index is -3.16. The Morgan fingerprint density at radius 3 is 2.60 bits per heavy atom. The topological polar surface area (TPSA) is 34.1 Å². The van der Waals surface area contributed by atoms with Crippen LogP contribution in [-0.4, -0.2) is 8.42 Å². The van der Waals surface area contributed by atoms with E-state index in [9.17, 15) is 8.42 Å². The summed E-state index contributed by atoms with van der Waals surface area (Å²) in [5.41, 5.74) is 0.837. The lowest BCUT2D eigenvalue weighted by Gasteiger charge is -2.01. The van der Waals surface area contributed by atoms with Crippen LogP contribution < -0.4 is 0 Å². The van der Waals surface area contributed by atoms with Crippen LogP contribution in [0, 0.1) is 0 Å². The molecular weight excluding hydrogens is 208 g/mol. The zero-order valence-corrected chi connectivity index (χ0v) is 9.55. The molecule has 0 unspecified atom stereocenters. The highest BCUT2D eigenvalue weighted by molar-refractivity contribution is 7.95. The smallest absolute Gasteiger partial charge is 0.203 e. The molecule has 0 saturated heterocycles. The van der Waals surface area contributed by atoms with Crippen LogP contribution in [0.2, 0.25) is 0 Å². The van der Waals surface area contributed by atoms with Gasteiger partial charge in [-0.05, 0) is 30.5 Å². The van der Waals surface area contributed by atoms with Gasteiger partial charge in [0.25, 0.3) is 0 Å². The number of unbranched alkanes of at least 4 members (excludes halogenated alkanes) is 1. The maximum Gasteiger partial charge on any atom is 0.203 e. The van der Waals surface area contributed by atoms with Gasteiger partial charge in [-0.25, -0.2) is 8.42 Å². The Morgan fingerprint density at radius 2 is 1.93 bits per heavy atom. The van der Waals surface area contributed by atoms with Crippen LogP contribution in [0.25, 0.3) is 6.08 Å². The molecule has 0 fully saturated rings. The lowest BCUT2D eigenvalue weighted by atomic mass is 10.2. The lowest BCUT2D eigenvalue weighted by Crippen LogP contribution is -2.00. The molecule has 3 heteroatoms. The van der Waals surface area contributed by atoms with Crippen molar-refractivity contribution in [2.24, 2.45) is 0 Å². The molecule has 0 aliphatic carbocycles. The molecule has 1 aromatic rings. The van der Waals surface area contributed by atoms with Gasteiger partial charge in [-0.3, -0.25) is 0 Å². The maximum absolute atomic E-state index is 12.0. The Bertz CT molecular complexity index is 498. The van der Waals surface area contributed by atoms with Gasteiger partial charge in [-0.15, -0.1) is 0 Å². The molecule has 2 nitrogen and oxygen atoms in total. The third-order valence-corrected chi connectivity index (χ3v) is 4.61. The zero-order valence-electron chi connectivity index (χ0n) is 8.73. The van der Waals surface area contributed by atoms with E-state index < -0.39 is 9.84 Å². The average molecular weight is 222 g/mol. The first-order chi connectivity index (χ1) is 7.16. The third-order valence-electron chi connectivity index (χ3n) is 2.65. The molecule has 1 aliphatic rings. The number of hydrogen-bond acceptors (Lipinski definition) is 2. The highest BCUT2D eigenvalue weighted by Crippen LogP contribution is 2.34. The van der Waals surface area contributed by atoms with Crippen molar-refractivity contribution < 1.29 is 8.42 Å². The monoisotopic (exact) mass is 222 g/mol. The molecule has 0 saturated carbocycles. The van der Waals surface area contributed by atoms with Crippen molar-refractivity contribution in [1.82, 2.24) is 0 Å². The van der Waals surface area contributed by atoms with E-state index in [1.54, 1.807) is 18.2 Å². The highest BCUT2D eigenvalue weighted by Gasteiger charge is 2.27. The Morgan fingerprint density at radius 1 is 1.20 bits per heavy atom. The molecule has 1 aliphatic heterocycles. The van der Waals surface area contributed by atoms with Gasteiger partial charge in [0.2, 0.25) is 9.84 Å². The molecule has 0 radical (unpaired) electrons. The summed E-state index contributed by atoms with van der Waals surface area (Å²) in [4.78, 5) is 1.04. The van der Waals surface area contributed by atoms with E-state index in [4.69, 9.17) is 0 Å². The minimum absolute atomic E-state index is 0.469. The quantitative estimate of drug-likeness (QED) is 0.787. The third kappa shape index (κ3) is 1.72. The summed E-state index contributed by atoms with van der Waals surface area (Å²) >= 11 is 0. The molecule has 2 rings (SSSR count). The maximum atomic E-state index is 12.0. The molecule has 15 heavy (non-hydrogen) atoms. The first kappa shape index (κ1) is 10.4. The van der Waals surface area contributed by atoms with Crippen molar-refractivity contribution in [3.05, 3.63) is 34.7 Å². The Balaban J connectivity index is 2.41. The predicted molar refractivity (Wildman–Crippen MR) is 61.1 cm³/mol. The zero-order chi connectivity index (χ0) is 10.9. The lowest BCUT2D eigenvalue weighted by molar-refractivity contribution is 0.600. The molecule has 1 aromatic carbocycles. The van der Waals surface area contributed by atoms with Gasteiger partial charge in [0.15, 0.2) is 0 Å². The Kier molecular flexibility index (Phi) is 2.65. The van der Waals surface area contributed by atoms with Crippen molar-refractivity contribution in [3.8, 4) is 0 Å². The second-order valence-corrected chi connectivity index (χ2v) is 5.73. The van der Waals surface area contributed by atoms with Crippen LogP contribution in [0.3, 0.4) is 0 Å². The number of rotatable bonds is 3. The van der Waals surface area contributed by atoms with E-state index in [-0.39, 0.29) is 0 Å². The first-order valence-electron chi connectivity index (χ1n) is 5.21. The van der Waals surface area contributed by atoms with Crippen molar-refractivity contribution >= 4 is 15.9 Å². The summed E-state index contributed by atoms with van der Waals surface area (Å²) in [5, 5.41) is 0. The fraction of sp³-hybridized carbons (Fsp3) is 0.333. The highest BCUT2D eigenvalue weighted by atomic mass is 32.2. The molecule has 1 heterocycles. The van der Waals surface area contributed by atoms with Gasteiger partial charge in [-0.2, -0.15) is 0 Å². The minimum Gasteiger partial charge on any atom is -0.219 e. The van der Waals surface area contributed by atoms with Crippen LogP contribution in [-0.2, 0) is 9.84 Å². The van der Waals surface area contributed by atoms with Crippen LogP contribution >= 0.6 is 0 Å². The number of benzene rings is 1. The van der Waals surface area contributed by atoms with Gasteiger partial charge in [0.1, 0.15) is 0 Å². The van der Waals surface area contributed by atoms with Crippen LogP contribution in [0.5, 0.6) is 0 Å².